The number of nitrogens with zero attached hydrogens (tertiary/aromatic N) is 1. The summed E-state index contributed by atoms with van der Waals surface area (Å²) in [7, 11) is 0. The van der Waals surface area contributed by atoms with Gasteiger partial charge in [-0.05, 0) is 23.6 Å². The molecule has 0 spiro atoms. The number of rotatable bonds is 8. The number of ether oxygens (including phenoxy) is 1. The maximum atomic E-state index is 12.1. The van der Waals surface area contributed by atoms with Crippen molar-refractivity contribution in [2.24, 2.45) is 0 Å². The van der Waals surface area contributed by atoms with Crippen LogP contribution >= 0.6 is 34.0 Å². The van der Waals surface area contributed by atoms with Gasteiger partial charge in [-0.25, -0.2) is 4.98 Å². The van der Waals surface area contributed by atoms with Gasteiger partial charge in [-0.3, -0.25) is 14.4 Å². The minimum absolute atomic E-state index is 0.0339. The number of amides is 1. The summed E-state index contributed by atoms with van der Waals surface area (Å²) in [6.07, 6.45) is 0.0339. The summed E-state index contributed by atoms with van der Waals surface area (Å²) in [5, 5.41) is 9.33. The number of carbonyl (C=O) groups excluding carboxylic acids is 3. The molecule has 27 heavy (non-hydrogen) atoms. The molecule has 3 rings (SSSR count). The molecule has 9 heteroatoms. The van der Waals surface area contributed by atoms with Crippen LogP contribution in [0.4, 0.5) is 0 Å². The Morgan fingerprint density at radius 1 is 1.19 bits per heavy atom. The zero-order valence-corrected chi connectivity index (χ0v) is 16.8. The Labute approximate surface area is 167 Å². The largest absolute Gasteiger partial charge is 0.457 e. The molecular weight excluding hydrogens is 404 g/mol. The summed E-state index contributed by atoms with van der Waals surface area (Å²) in [5.74, 6) is -0.880. The van der Waals surface area contributed by atoms with Gasteiger partial charge < -0.3 is 10.1 Å². The van der Waals surface area contributed by atoms with Crippen LogP contribution in [0, 0.1) is 0 Å². The number of esters is 1. The first-order valence-corrected chi connectivity index (χ1v) is 10.6. The molecule has 1 N–H and O–H groups in total. The maximum absolute atomic E-state index is 12.1. The molecule has 6 nitrogen and oxygen atoms in total. The van der Waals surface area contributed by atoms with Crippen LogP contribution in [-0.2, 0) is 27.3 Å². The van der Waals surface area contributed by atoms with E-state index in [9.17, 15) is 14.4 Å². The molecule has 0 radical (unpaired) electrons. The van der Waals surface area contributed by atoms with Gasteiger partial charge >= 0.3 is 5.97 Å². The topological polar surface area (TPSA) is 85.4 Å². The molecule has 0 fully saturated rings. The van der Waals surface area contributed by atoms with E-state index in [2.05, 4.69) is 10.3 Å². The van der Waals surface area contributed by atoms with E-state index in [0.29, 0.717) is 17.1 Å². The SMILES string of the molecule is CC(=O)NCc1ccc(C(=O)COC(=O)Cc2csc(-c3ccsc3)n2)s1. The van der Waals surface area contributed by atoms with Crippen LogP contribution in [0.5, 0.6) is 0 Å². The molecule has 0 saturated heterocycles. The van der Waals surface area contributed by atoms with Crippen LogP contribution in [0.15, 0.2) is 34.3 Å². The molecule has 3 heterocycles. The lowest BCUT2D eigenvalue weighted by Gasteiger charge is -2.02. The Morgan fingerprint density at radius 3 is 2.78 bits per heavy atom. The van der Waals surface area contributed by atoms with E-state index < -0.39 is 5.97 Å². The molecule has 140 valence electrons. The quantitative estimate of drug-likeness (QED) is 0.445. The lowest BCUT2D eigenvalue weighted by atomic mass is 10.3. The molecule has 0 atom stereocenters. The highest BCUT2D eigenvalue weighted by atomic mass is 32.1. The van der Waals surface area contributed by atoms with Crippen molar-refractivity contribution in [2.75, 3.05) is 6.61 Å². The highest BCUT2D eigenvalue weighted by molar-refractivity contribution is 7.14. The summed E-state index contributed by atoms with van der Waals surface area (Å²) in [6, 6.07) is 5.42. The molecular formula is C18H16N2O4S3. The summed E-state index contributed by atoms with van der Waals surface area (Å²) in [6.45, 7) is 1.51. The van der Waals surface area contributed by atoms with Gasteiger partial charge in [0.2, 0.25) is 11.7 Å². The first-order valence-electron chi connectivity index (χ1n) is 8.00. The first kappa shape index (κ1) is 19.4. The van der Waals surface area contributed by atoms with Crippen molar-refractivity contribution >= 4 is 51.7 Å². The molecule has 0 saturated carbocycles. The van der Waals surface area contributed by atoms with Crippen LogP contribution in [-0.4, -0.2) is 29.3 Å². The Hall–Kier alpha value is -2.36. The van der Waals surface area contributed by atoms with Crippen molar-refractivity contribution in [3.05, 3.63) is 49.8 Å². The molecule has 0 aromatic carbocycles. The normalized spacial score (nSPS) is 10.6. The molecule has 0 unspecified atom stereocenters. The van der Waals surface area contributed by atoms with E-state index in [-0.39, 0.29) is 24.7 Å². The third kappa shape index (κ3) is 5.56. The summed E-state index contributed by atoms with van der Waals surface area (Å²) >= 11 is 4.34. The fraction of sp³-hybridized carbons (Fsp3) is 0.222. The number of Topliss-reactive ketones (excluding diaryl/α,β-unsaturated/α-hetero) is 1. The van der Waals surface area contributed by atoms with E-state index in [0.717, 1.165) is 15.4 Å². The van der Waals surface area contributed by atoms with Gasteiger partial charge in [0.25, 0.3) is 0 Å². The summed E-state index contributed by atoms with van der Waals surface area (Å²) in [4.78, 5) is 40.8. The Morgan fingerprint density at radius 2 is 2.04 bits per heavy atom. The fourth-order valence-electron chi connectivity index (χ4n) is 2.16. The standard InChI is InChI=1S/C18H16N2O4S3/c1-11(21)19-7-14-2-3-16(27-14)15(22)8-24-17(23)6-13-10-26-18(20-13)12-4-5-25-9-12/h2-5,9-10H,6-8H2,1H3,(H,19,21). The van der Waals surface area contributed by atoms with Crippen molar-refractivity contribution in [3.8, 4) is 10.6 Å². The summed E-state index contributed by atoms with van der Waals surface area (Å²) < 4.78 is 5.08. The lowest BCUT2D eigenvalue weighted by Crippen LogP contribution is -2.18. The zero-order valence-electron chi connectivity index (χ0n) is 14.4. The van der Waals surface area contributed by atoms with Crippen molar-refractivity contribution in [3.63, 3.8) is 0 Å². The third-order valence-corrected chi connectivity index (χ3v) is 6.21. The van der Waals surface area contributed by atoms with Crippen LogP contribution in [0.3, 0.4) is 0 Å². The van der Waals surface area contributed by atoms with E-state index in [1.165, 1.54) is 29.6 Å². The molecule has 3 aromatic heterocycles. The Balaban J connectivity index is 1.47. The summed E-state index contributed by atoms with van der Waals surface area (Å²) in [5.41, 5.74) is 1.67. The van der Waals surface area contributed by atoms with Crippen LogP contribution in [0.25, 0.3) is 10.6 Å². The van der Waals surface area contributed by atoms with Gasteiger partial charge in [-0.2, -0.15) is 11.3 Å². The van der Waals surface area contributed by atoms with Crippen LogP contribution < -0.4 is 5.32 Å². The van der Waals surface area contributed by atoms with Gasteiger partial charge in [0.15, 0.2) is 6.61 Å². The first-order chi connectivity index (χ1) is 13.0. The van der Waals surface area contributed by atoms with E-state index in [4.69, 9.17) is 4.74 Å². The smallest absolute Gasteiger partial charge is 0.312 e. The van der Waals surface area contributed by atoms with Gasteiger partial charge in [-0.1, -0.05) is 0 Å². The molecule has 0 aliphatic rings. The predicted octanol–water partition coefficient (Wildman–Crippen LogP) is 3.54. The zero-order chi connectivity index (χ0) is 19.2. The second kappa shape index (κ2) is 9.03. The Bertz CT molecular complexity index is 944. The molecule has 1 amide bonds. The van der Waals surface area contributed by atoms with Crippen LogP contribution in [0.2, 0.25) is 0 Å². The number of nitrogens with one attached hydrogen (secondary N) is 1. The highest BCUT2D eigenvalue weighted by Gasteiger charge is 2.14. The molecule has 0 aliphatic carbocycles. The third-order valence-electron chi connectivity index (χ3n) is 3.46. The number of hydrogen-bond donors (Lipinski definition) is 1. The molecule has 3 aromatic rings. The Kier molecular flexibility index (Phi) is 6.49. The van der Waals surface area contributed by atoms with Gasteiger partial charge in [0, 0.05) is 28.1 Å². The van der Waals surface area contributed by atoms with E-state index in [1.54, 1.807) is 23.5 Å². The van der Waals surface area contributed by atoms with Crippen LogP contribution in [0.1, 0.15) is 27.2 Å². The van der Waals surface area contributed by atoms with E-state index in [1.807, 2.05) is 22.2 Å². The number of thiazole rings is 1. The number of thiophene rings is 2. The lowest BCUT2D eigenvalue weighted by molar-refractivity contribution is -0.141. The van der Waals surface area contributed by atoms with Gasteiger partial charge in [0.05, 0.1) is 23.5 Å². The number of carbonyl (C=O) groups is 3. The number of hydrogen-bond acceptors (Lipinski definition) is 8. The minimum atomic E-state index is -0.486. The highest BCUT2D eigenvalue weighted by Crippen LogP contribution is 2.26. The number of ketones is 1. The average Bonchev–Trinajstić information content (AvgIpc) is 3.38. The predicted molar refractivity (Wildman–Crippen MR) is 106 cm³/mol. The monoisotopic (exact) mass is 420 g/mol. The van der Waals surface area contributed by atoms with Gasteiger partial charge in [-0.15, -0.1) is 22.7 Å². The average molecular weight is 421 g/mol. The molecule has 0 bridgehead atoms. The van der Waals surface area contributed by atoms with Gasteiger partial charge in [0.1, 0.15) is 5.01 Å². The second-order valence-corrected chi connectivity index (χ2v) is 8.40. The van der Waals surface area contributed by atoms with Crippen molar-refractivity contribution in [1.82, 2.24) is 10.3 Å². The molecule has 0 aliphatic heterocycles. The van der Waals surface area contributed by atoms with Crippen molar-refractivity contribution < 1.29 is 19.1 Å². The van der Waals surface area contributed by atoms with Crippen molar-refractivity contribution in [1.29, 1.82) is 0 Å². The second-order valence-electron chi connectivity index (χ2n) is 5.59. The van der Waals surface area contributed by atoms with Crippen molar-refractivity contribution in [2.45, 2.75) is 19.9 Å². The number of aromatic nitrogens is 1. The fourth-order valence-corrected chi connectivity index (χ4v) is 4.56. The minimum Gasteiger partial charge on any atom is -0.457 e. The van der Waals surface area contributed by atoms with E-state index >= 15 is 0 Å². The maximum Gasteiger partial charge on any atom is 0.312 e.